The molecule has 2 aromatic rings. The SMILES string of the molecule is CCCCCn1cnnc1SCC(=O)Nc1cc(Cl)ccc1Cl. The minimum Gasteiger partial charge on any atom is -0.324 e. The van der Waals surface area contributed by atoms with Gasteiger partial charge >= 0.3 is 0 Å². The van der Waals surface area contributed by atoms with Gasteiger partial charge in [0.05, 0.1) is 16.5 Å². The summed E-state index contributed by atoms with van der Waals surface area (Å²) in [5, 5.41) is 12.4. The molecule has 2 rings (SSSR count). The number of carbonyl (C=O) groups is 1. The van der Waals surface area contributed by atoms with Crippen molar-refractivity contribution in [1.29, 1.82) is 0 Å². The van der Waals surface area contributed by atoms with Gasteiger partial charge in [0.25, 0.3) is 0 Å². The lowest BCUT2D eigenvalue weighted by molar-refractivity contribution is -0.113. The van der Waals surface area contributed by atoms with E-state index in [-0.39, 0.29) is 11.7 Å². The number of hydrogen-bond acceptors (Lipinski definition) is 4. The minimum atomic E-state index is -0.165. The first-order valence-electron chi connectivity index (χ1n) is 7.35. The van der Waals surface area contributed by atoms with Crippen molar-refractivity contribution in [2.24, 2.45) is 0 Å². The van der Waals surface area contributed by atoms with Crippen molar-refractivity contribution in [1.82, 2.24) is 14.8 Å². The highest BCUT2D eigenvalue weighted by molar-refractivity contribution is 7.99. The monoisotopic (exact) mass is 372 g/mol. The molecule has 5 nitrogen and oxygen atoms in total. The first-order chi connectivity index (χ1) is 11.1. The molecule has 8 heteroatoms. The Balaban J connectivity index is 1.87. The number of carbonyl (C=O) groups excluding carboxylic acids is 1. The van der Waals surface area contributed by atoms with Crippen molar-refractivity contribution < 1.29 is 4.79 Å². The summed E-state index contributed by atoms with van der Waals surface area (Å²) in [5.74, 6) is 0.0669. The molecule has 0 aliphatic heterocycles. The molecule has 0 radical (unpaired) electrons. The maximum absolute atomic E-state index is 12.1. The molecule has 0 saturated heterocycles. The minimum absolute atomic E-state index is 0.165. The Morgan fingerprint density at radius 1 is 1.35 bits per heavy atom. The highest BCUT2D eigenvalue weighted by Crippen LogP contribution is 2.26. The topological polar surface area (TPSA) is 59.8 Å². The van der Waals surface area contributed by atoms with Gasteiger partial charge in [-0.05, 0) is 24.6 Å². The first kappa shape index (κ1) is 18.1. The number of benzene rings is 1. The third-order valence-electron chi connectivity index (χ3n) is 3.12. The van der Waals surface area contributed by atoms with Gasteiger partial charge in [-0.1, -0.05) is 54.7 Å². The second kappa shape index (κ2) is 9.15. The largest absolute Gasteiger partial charge is 0.324 e. The van der Waals surface area contributed by atoms with Crippen LogP contribution in [0.3, 0.4) is 0 Å². The molecule has 0 aliphatic carbocycles. The smallest absolute Gasteiger partial charge is 0.234 e. The quantitative estimate of drug-likeness (QED) is 0.547. The van der Waals surface area contributed by atoms with Gasteiger partial charge in [-0.15, -0.1) is 10.2 Å². The summed E-state index contributed by atoms with van der Waals surface area (Å²) in [6.45, 7) is 3.03. The fourth-order valence-corrected chi connectivity index (χ4v) is 3.03. The van der Waals surface area contributed by atoms with E-state index in [1.807, 2.05) is 4.57 Å². The average Bonchev–Trinajstić information content (AvgIpc) is 2.97. The van der Waals surface area contributed by atoms with Gasteiger partial charge in [0, 0.05) is 11.6 Å². The number of aromatic nitrogens is 3. The fraction of sp³-hybridized carbons (Fsp3) is 0.400. The van der Waals surface area contributed by atoms with E-state index in [9.17, 15) is 4.79 Å². The van der Waals surface area contributed by atoms with Crippen LogP contribution in [0.4, 0.5) is 5.69 Å². The number of halogens is 2. The Morgan fingerprint density at radius 3 is 2.96 bits per heavy atom. The molecule has 0 bridgehead atoms. The van der Waals surface area contributed by atoms with Crippen LogP contribution in [0.15, 0.2) is 29.7 Å². The van der Waals surface area contributed by atoms with Gasteiger partial charge in [0.2, 0.25) is 5.91 Å². The molecule has 1 heterocycles. The Labute approximate surface area is 149 Å². The van der Waals surface area contributed by atoms with Crippen LogP contribution in [0.25, 0.3) is 0 Å². The summed E-state index contributed by atoms with van der Waals surface area (Å²) in [7, 11) is 0. The number of amides is 1. The molecule has 0 fully saturated rings. The van der Waals surface area contributed by atoms with Gasteiger partial charge in [-0.3, -0.25) is 4.79 Å². The molecule has 1 aromatic carbocycles. The van der Waals surface area contributed by atoms with E-state index in [1.54, 1.807) is 24.5 Å². The number of rotatable bonds is 8. The second-order valence-electron chi connectivity index (χ2n) is 4.98. The van der Waals surface area contributed by atoms with Crippen molar-refractivity contribution in [3.63, 3.8) is 0 Å². The van der Waals surface area contributed by atoms with Crippen molar-refractivity contribution in [3.8, 4) is 0 Å². The van der Waals surface area contributed by atoms with Crippen LogP contribution in [-0.2, 0) is 11.3 Å². The molecule has 0 atom stereocenters. The van der Waals surface area contributed by atoms with Crippen LogP contribution >= 0.6 is 35.0 Å². The highest BCUT2D eigenvalue weighted by atomic mass is 35.5. The zero-order chi connectivity index (χ0) is 16.7. The normalized spacial score (nSPS) is 10.7. The van der Waals surface area contributed by atoms with Crippen LogP contribution in [0.5, 0.6) is 0 Å². The van der Waals surface area contributed by atoms with E-state index in [0.717, 1.165) is 31.0 Å². The maximum Gasteiger partial charge on any atom is 0.234 e. The predicted octanol–water partition coefficient (Wildman–Crippen LogP) is 4.51. The van der Waals surface area contributed by atoms with Crippen molar-refractivity contribution in [3.05, 3.63) is 34.6 Å². The van der Waals surface area contributed by atoms with Crippen molar-refractivity contribution >= 4 is 46.6 Å². The molecule has 0 saturated carbocycles. The lowest BCUT2D eigenvalue weighted by atomic mass is 10.2. The number of nitrogens with one attached hydrogen (secondary N) is 1. The van der Waals surface area contributed by atoms with Crippen LogP contribution in [0.2, 0.25) is 10.0 Å². The summed E-state index contributed by atoms with van der Waals surface area (Å²) in [6.07, 6.45) is 5.10. The van der Waals surface area contributed by atoms with E-state index >= 15 is 0 Å². The van der Waals surface area contributed by atoms with E-state index in [2.05, 4.69) is 22.4 Å². The lowest BCUT2D eigenvalue weighted by Gasteiger charge is -2.08. The number of anilines is 1. The standard InChI is InChI=1S/C15H18Cl2N4OS/c1-2-3-4-7-21-10-18-20-15(21)23-9-14(22)19-13-8-11(16)5-6-12(13)17/h5-6,8,10H,2-4,7,9H2,1H3,(H,19,22). The number of unbranched alkanes of at least 4 members (excludes halogenated alkanes) is 2. The van der Waals surface area contributed by atoms with Crippen LogP contribution in [0.1, 0.15) is 26.2 Å². The molecule has 0 unspecified atom stereocenters. The Morgan fingerprint density at radius 2 is 2.17 bits per heavy atom. The summed E-state index contributed by atoms with van der Waals surface area (Å²) in [5.41, 5.74) is 0.508. The number of thioether (sulfide) groups is 1. The van der Waals surface area contributed by atoms with E-state index in [0.29, 0.717) is 15.7 Å². The van der Waals surface area contributed by atoms with Gasteiger partial charge < -0.3 is 9.88 Å². The van der Waals surface area contributed by atoms with Crippen molar-refractivity contribution in [2.45, 2.75) is 37.9 Å². The average molecular weight is 373 g/mol. The zero-order valence-corrected chi connectivity index (χ0v) is 15.1. The maximum atomic E-state index is 12.1. The Hall–Kier alpha value is -1.24. The Bertz CT molecular complexity index is 663. The molecule has 1 aromatic heterocycles. The summed E-state index contributed by atoms with van der Waals surface area (Å²) in [6, 6.07) is 4.95. The van der Waals surface area contributed by atoms with Gasteiger partial charge in [0.15, 0.2) is 5.16 Å². The molecular formula is C15H18Cl2N4OS. The first-order valence-corrected chi connectivity index (χ1v) is 9.09. The van der Waals surface area contributed by atoms with Gasteiger partial charge in [-0.2, -0.15) is 0 Å². The van der Waals surface area contributed by atoms with E-state index in [1.165, 1.54) is 11.8 Å². The van der Waals surface area contributed by atoms with E-state index in [4.69, 9.17) is 23.2 Å². The molecule has 0 spiro atoms. The molecule has 0 aliphatic rings. The Kier molecular flexibility index (Phi) is 7.20. The van der Waals surface area contributed by atoms with Crippen LogP contribution in [-0.4, -0.2) is 26.4 Å². The summed E-state index contributed by atoms with van der Waals surface area (Å²) >= 11 is 13.3. The third kappa shape index (κ3) is 5.71. The number of nitrogens with zero attached hydrogens (tertiary/aromatic N) is 3. The van der Waals surface area contributed by atoms with E-state index < -0.39 is 0 Å². The molecule has 1 amide bonds. The highest BCUT2D eigenvalue weighted by Gasteiger charge is 2.10. The molecule has 1 N–H and O–H groups in total. The molecule has 23 heavy (non-hydrogen) atoms. The second-order valence-corrected chi connectivity index (χ2v) is 6.76. The summed E-state index contributed by atoms with van der Waals surface area (Å²) in [4.78, 5) is 12.1. The lowest BCUT2D eigenvalue weighted by Crippen LogP contribution is -2.15. The van der Waals surface area contributed by atoms with Crippen molar-refractivity contribution in [2.75, 3.05) is 11.1 Å². The molecular weight excluding hydrogens is 355 g/mol. The molecule has 124 valence electrons. The van der Waals surface area contributed by atoms with Gasteiger partial charge in [-0.25, -0.2) is 0 Å². The summed E-state index contributed by atoms with van der Waals surface area (Å²) < 4.78 is 1.97. The third-order valence-corrected chi connectivity index (χ3v) is 4.66. The number of aryl methyl sites for hydroxylation is 1. The number of hydrogen-bond donors (Lipinski definition) is 1. The predicted molar refractivity (Wildman–Crippen MR) is 95.4 cm³/mol. The zero-order valence-electron chi connectivity index (χ0n) is 12.8. The van der Waals surface area contributed by atoms with Crippen LogP contribution in [0, 0.1) is 0 Å². The van der Waals surface area contributed by atoms with Gasteiger partial charge in [0.1, 0.15) is 6.33 Å². The fourth-order valence-electron chi connectivity index (χ4n) is 1.95. The van der Waals surface area contributed by atoms with Crippen LogP contribution < -0.4 is 5.32 Å².